The number of nitrogens with zero attached hydrogens (tertiary/aromatic N) is 2. The third-order valence-electron chi connectivity index (χ3n) is 6.64. The number of Topliss-reactive ketones (excluding diaryl/α,β-unsaturated/α-hetero) is 2. The van der Waals surface area contributed by atoms with Crippen molar-refractivity contribution in [2.24, 2.45) is 11.8 Å². The van der Waals surface area contributed by atoms with Crippen molar-refractivity contribution in [2.75, 3.05) is 12.0 Å². The molecule has 8 heteroatoms. The van der Waals surface area contributed by atoms with Crippen LogP contribution in [0.2, 0.25) is 0 Å². The van der Waals surface area contributed by atoms with Crippen LogP contribution in [0.1, 0.15) is 47.4 Å². The van der Waals surface area contributed by atoms with E-state index in [4.69, 9.17) is 9.26 Å². The Hall–Kier alpha value is -4.07. The highest BCUT2D eigenvalue weighted by Crippen LogP contribution is 2.38. The molecule has 2 aromatic carbocycles. The van der Waals surface area contributed by atoms with Crippen molar-refractivity contribution < 1.29 is 28.4 Å². The molecule has 0 saturated carbocycles. The highest BCUT2D eigenvalue weighted by atomic mass is 16.5. The predicted octanol–water partition coefficient (Wildman–Crippen LogP) is 4.35. The summed E-state index contributed by atoms with van der Waals surface area (Å²) in [7, 11) is 1.28. The molecule has 8 nitrogen and oxygen atoms in total. The summed E-state index contributed by atoms with van der Waals surface area (Å²) in [5, 5.41) is 3.92. The van der Waals surface area contributed by atoms with Gasteiger partial charge in [-0.2, -0.15) is 0 Å². The number of esters is 1. The van der Waals surface area contributed by atoms with Gasteiger partial charge in [0.05, 0.1) is 18.7 Å². The second kappa shape index (κ2) is 10.0. The minimum absolute atomic E-state index is 0.0658. The van der Waals surface area contributed by atoms with Crippen molar-refractivity contribution in [1.29, 1.82) is 0 Å². The fourth-order valence-electron chi connectivity index (χ4n) is 4.73. The van der Waals surface area contributed by atoms with Crippen LogP contribution in [0.5, 0.6) is 0 Å². The number of aromatic nitrogens is 1. The number of anilines is 1. The van der Waals surface area contributed by atoms with Crippen LogP contribution in [-0.4, -0.2) is 41.8 Å². The molecule has 1 aromatic heterocycles. The quantitative estimate of drug-likeness (QED) is 0.207. The molecular formula is C27H26N2O6. The lowest BCUT2D eigenvalue weighted by atomic mass is 9.80. The van der Waals surface area contributed by atoms with E-state index in [-0.39, 0.29) is 11.5 Å². The molecule has 0 spiro atoms. The molecule has 3 aromatic rings. The van der Waals surface area contributed by atoms with Gasteiger partial charge in [-0.1, -0.05) is 56.1 Å². The molecule has 0 N–H and O–H groups in total. The maximum atomic E-state index is 13.6. The molecule has 1 fully saturated rings. The molecule has 2 unspecified atom stereocenters. The first-order chi connectivity index (χ1) is 16.9. The molecule has 0 radical (unpaired) electrons. The highest BCUT2D eigenvalue weighted by molar-refractivity contribution is 6.49. The van der Waals surface area contributed by atoms with Gasteiger partial charge in [0, 0.05) is 22.9 Å². The lowest BCUT2D eigenvalue weighted by Gasteiger charge is -2.33. The minimum Gasteiger partial charge on any atom is -0.465 e. The Balaban J connectivity index is 1.71. The number of amides is 1. The minimum atomic E-state index is -1.13. The van der Waals surface area contributed by atoms with Crippen molar-refractivity contribution in [3.8, 4) is 11.3 Å². The summed E-state index contributed by atoms with van der Waals surface area (Å²) in [6.07, 6.45) is 2.86. The Morgan fingerprint density at radius 2 is 1.60 bits per heavy atom. The second-order valence-corrected chi connectivity index (χ2v) is 8.45. The molecule has 35 heavy (non-hydrogen) atoms. The molecular weight excluding hydrogens is 448 g/mol. The molecule has 180 valence electrons. The third-order valence-corrected chi connectivity index (χ3v) is 6.64. The van der Waals surface area contributed by atoms with E-state index in [2.05, 4.69) is 5.16 Å². The van der Waals surface area contributed by atoms with Crippen LogP contribution >= 0.6 is 0 Å². The standard InChI is InChI=1S/C27H26N2O6/c1-4-16(5-2)23-22(24(30)18-6-8-19(9-7-18)27(33)34-3)25(31)26(32)29(23)20-12-10-17(11-13-20)21-14-15-35-28-21/h6-16,22-23H,4-5H2,1-3H3. The van der Waals surface area contributed by atoms with E-state index in [1.165, 1.54) is 42.5 Å². The summed E-state index contributed by atoms with van der Waals surface area (Å²) < 4.78 is 9.60. The van der Waals surface area contributed by atoms with Gasteiger partial charge in [-0.3, -0.25) is 14.4 Å². The lowest BCUT2D eigenvalue weighted by molar-refractivity contribution is -0.135. The van der Waals surface area contributed by atoms with Crippen molar-refractivity contribution in [3.63, 3.8) is 0 Å². The Morgan fingerprint density at radius 1 is 0.971 bits per heavy atom. The number of carbonyl (C=O) groups is 4. The maximum Gasteiger partial charge on any atom is 0.337 e. The van der Waals surface area contributed by atoms with Crippen molar-refractivity contribution in [2.45, 2.75) is 32.7 Å². The van der Waals surface area contributed by atoms with Crippen LogP contribution in [0, 0.1) is 11.8 Å². The van der Waals surface area contributed by atoms with Crippen molar-refractivity contribution >= 4 is 29.1 Å². The zero-order valence-electron chi connectivity index (χ0n) is 19.8. The van der Waals surface area contributed by atoms with Crippen LogP contribution in [-0.2, 0) is 14.3 Å². The van der Waals surface area contributed by atoms with E-state index in [0.29, 0.717) is 29.8 Å². The van der Waals surface area contributed by atoms with Gasteiger partial charge in [0.25, 0.3) is 5.91 Å². The molecule has 1 saturated heterocycles. The van der Waals surface area contributed by atoms with E-state index in [1.807, 2.05) is 13.8 Å². The van der Waals surface area contributed by atoms with Gasteiger partial charge in [-0.05, 0) is 30.2 Å². The van der Waals surface area contributed by atoms with E-state index in [9.17, 15) is 19.2 Å². The predicted molar refractivity (Wildman–Crippen MR) is 128 cm³/mol. The van der Waals surface area contributed by atoms with Gasteiger partial charge >= 0.3 is 5.97 Å². The first-order valence-corrected chi connectivity index (χ1v) is 11.5. The monoisotopic (exact) mass is 474 g/mol. The van der Waals surface area contributed by atoms with E-state index < -0.39 is 35.4 Å². The van der Waals surface area contributed by atoms with Gasteiger partial charge in [0.1, 0.15) is 17.9 Å². The topological polar surface area (TPSA) is 107 Å². The molecule has 4 rings (SSSR count). The summed E-state index contributed by atoms with van der Waals surface area (Å²) in [5.41, 5.74) is 2.56. The summed E-state index contributed by atoms with van der Waals surface area (Å²) in [4.78, 5) is 53.2. The summed E-state index contributed by atoms with van der Waals surface area (Å²) >= 11 is 0. The molecule has 0 aliphatic carbocycles. The number of hydrogen-bond donors (Lipinski definition) is 0. The number of rotatable bonds is 8. The second-order valence-electron chi connectivity index (χ2n) is 8.45. The average molecular weight is 475 g/mol. The van der Waals surface area contributed by atoms with E-state index >= 15 is 0 Å². The average Bonchev–Trinajstić information content (AvgIpc) is 3.52. The fourth-order valence-corrected chi connectivity index (χ4v) is 4.73. The van der Waals surface area contributed by atoms with Crippen LogP contribution in [0.4, 0.5) is 5.69 Å². The zero-order valence-corrected chi connectivity index (χ0v) is 19.8. The zero-order chi connectivity index (χ0) is 25.1. The smallest absolute Gasteiger partial charge is 0.337 e. The summed E-state index contributed by atoms with van der Waals surface area (Å²) in [5.74, 6) is -3.56. The Bertz CT molecular complexity index is 1230. The Labute approximate surface area is 202 Å². The number of methoxy groups -OCH3 is 1. The van der Waals surface area contributed by atoms with Crippen LogP contribution < -0.4 is 4.90 Å². The van der Waals surface area contributed by atoms with Crippen molar-refractivity contribution in [1.82, 2.24) is 5.16 Å². The normalized spacial score (nSPS) is 17.8. The first-order valence-electron chi connectivity index (χ1n) is 11.5. The van der Waals surface area contributed by atoms with Gasteiger partial charge in [-0.15, -0.1) is 0 Å². The van der Waals surface area contributed by atoms with Crippen LogP contribution in [0.15, 0.2) is 65.4 Å². The van der Waals surface area contributed by atoms with Crippen LogP contribution in [0.3, 0.4) is 0 Å². The number of ketones is 2. The van der Waals surface area contributed by atoms with Gasteiger partial charge in [0.15, 0.2) is 5.78 Å². The summed E-state index contributed by atoms with van der Waals surface area (Å²) in [6.45, 7) is 3.97. The van der Waals surface area contributed by atoms with Crippen molar-refractivity contribution in [3.05, 3.63) is 72.0 Å². The fraction of sp³-hybridized carbons (Fsp3) is 0.296. The third kappa shape index (κ3) is 4.39. The molecule has 1 amide bonds. The maximum absolute atomic E-state index is 13.6. The number of ether oxygens (including phenoxy) is 1. The molecule has 2 heterocycles. The molecule has 1 aliphatic heterocycles. The van der Waals surface area contributed by atoms with Crippen LogP contribution in [0.25, 0.3) is 11.3 Å². The Morgan fingerprint density at radius 3 is 2.14 bits per heavy atom. The van der Waals surface area contributed by atoms with Gasteiger partial charge < -0.3 is 14.2 Å². The summed E-state index contributed by atoms with van der Waals surface area (Å²) in [6, 6.07) is 14.2. The molecule has 1 aliphatic rings. The first kappa shape index (κ1) is 24.1. The van der Waals surface area contributed by atoms with E-state index in [1.54, 1.807) is 30.3 Å². The number of hydrogen-bond acceptors (Lipinski definition) is 7. The lowest BCUT2D eigenvalue weighted by Crippen LogP contribution is -2.43. The van der Waals surface area contributed by atoms with Gasteiger partial charge in [0.2, 0.25) is 5.78 Å². The Kier molecular flexibility index (Phi) is 6.91. The molecule has 2 atom stereocenters. The van der Waals surface area contributed by atoms with E-state index in [0.717, 1.165) is 5.56 Å². The largest absolute Gasteiger partial charge is 0.465 e. The number of carbonyl (C=O) groups excluding carboxylic acids is 4. The molecule has 0 bridgehead atoms. The highest BCUT2D eigenvalue weighted by Gasteiger charge is 2.53. The number of benzene rings is 2. The van der Waals surface area contributed by atoms with Gasteiger partial charge in [-0.25, -0.2) is 4.79 Å². The SMILES string of the molecule is CCC(CC)C1C(C(=O)c2ccc(C(=O)OC)cc2)C(=O)C(=O)N1c1ccc(-c2ccon2)cc1.